The van der Waals surface area contributed by atoms with Crippen molar-refractivity contribution in [3.63, 3.8) is 0 Å². The number of alkyl halides is 2. The number of carbonyl (C=O) groups excluding carboxylic acids is 2. The van der Waals surface area contributed by atoms with Crippen molar-refractivity contribution in [2.24, 2.45) is 5.73 Å². The lowest BCUT2D eigenvalue weighted by Gasteiger charge is -2.35. The molecule has 0 radical (unpaired) electrons. The van der Waals surface area contributed by atoms with Crippen LogP contribution in [0.25, 0.3) is 0 Å². The zero-order chi connectivity index (χ0) is 15.8. The van der Waals surface area contributed by atoms with E-state index in [2.05, 4.69) is 0 Å². The number of nitrogens with zero attached hydrogens (tertiary/aromatic N) is 2. The van der Waals surface area contributed by atoms with Gasteiger partial charge in [0, 0.05) is 32.6 Å². The fourth-order valence-electron chi connectivity index (χ4n) is 2.03. The van der Waals surface area contributed by atoms with Crippen LogP contribution in [-0.2, 0) is 9.53 Å². The van der Waals surface area contributed by atoms with Crippen LogP contribution >= 0.6 is 0 Å². The highest BCUT2D eigenvalue weighted by Gasteiger charge is 2.28. The van der Waals surface area contributed by atoms with Gasteiger partial charge in [0.25, 0.3) is 0 Å². The van der Waals surface area contributed by atoms with Crippen LogP contribution < -0.4 is 5.73 Å². The van der Waals surface area contributed by atoms with Gasteiger partial charge in [-0.25, -0.2) is 13.6 Å². The maximum absolute atomic E-state index is 12.2. The van der Waals surface area contributed by atoms with Crippen LogP contribution in [0.4, 0.5) is 13.6 Å². The van der Waals surface area contributed by atoms with E-state index in [4.69, 9.17) is 10.5 Å². The Bertz CT molecular complexity index is 348. The van der Waals surface area contributed by atoms with Crippen molar-refractivity contribution in [2.75, 3.05) is 32.8 Å². The van der Waals surface area contributed by atoms with Gasteiger partial charge in [-0.1, -0.05) is 13.3 Å². The Morgan fingerprint density at radius 1 is 1.19 bits per heavy atom. The van der Waals surface area contributed by atoms with Gasteiger partial charge >= 0.3 is 6.09 Å². The van der Waals surface area contributed by atoms with Gasteiger partial charge in [-0.05, 0) is 6.42 Å². The molecule has 0 aromatic carbocycles. The van der Waals surface area contributed by atoms with Gasteiger partial charge < -0.3 is 20.3 Å². The monoisotopic (exact) mass is 307 g/mol. The molecule has 1 heterocycles. The second-order valence-corrected chi connectivity index (χ2v) is 5.01. The summed E-state index contributed by atoms with van der Waals surface area (Å²) in [6.45, 7) is 3.63. The predicted octanol–water partition coefficient (Wildman–Crippen LogP) is 1.05. The van der Waals surface area contributed by atoms with Crippen molar-refractivity contribution in [3.05, 3.63) is 0 Å². The standard InChI is InChI=1S/C13H23F2N3O3/c1-2-3-8-21-13(20)18-6-4-17(5-7-18)12(19)10(16)9-11(14)15/h10-11H,2-9,16H2,1H3. The van der Waals surface area contributed by atoms with Gasteiger partial charge in [0.1, 0.15) is 0 Å². The van der Waals surface area contributed by atoms with Crippen LogP contribution in [-0.4, -0.2) is 67.1 Å². The molecule has 0 aliphatic carbocycles. The molecule has 1 aliphatic heterocycles. The molecular formula is C13H23F2N3O3. The summed E-state index contributed by atoms with van der Waals surface area (Å²) >= 11 is 0. The molecule has 21 heavy (non-hydrogen) atoms. The SMILES string of the molecule is CCCCOC(=O)N1CCN(C(=O)C(N)CC(F)F)CC1. The van der Waals surface area contributed by atoms with Crippen molar-refractivity contribution >= 4 is 12.0 Å². The van der Waals surface area contributed by atoms with Crippen LogP contribution in [0.15, 0.2) is 0 Å². The number of piperazine rings is 1. The predicted molar refractivity (Wildman–Crippen MR) is 73.0 cm³/mol. The molecule has 2 amide bonds. The largest absolute Gasteiger partial charge is 0.449 e. The summed E-state index contributed by atoms with van der Waals surface area (Å²) in [5.41, 5.74) is 5.45. The van der Waals surface area contributed by atoms with E-state index in [-0.39, 0.29) is 0 Å². The lowest BCUT2D eigenvalue weighted by Crippen LogP contribution is -2.54. The van der Waals surface area contributed by atoms with Gasteiger partial charge in [-0.3, -0.25) is 4.79 Å². The van der Waals surface area contributed by atoms with Crippen molar-refractivity contribution in [3.8, 4) is 0 Å². The van der Waals surface area contributed by atoms with Crippen LogP contribution in [0.1, 0.15) is 26.2 Å². The first-order valence-electron chi connectivity index (χ1n) is 7.20. The minimum atomic E-state index is -2.60. The van der Waals surface area contributed by atoms with Gasteiger partial charge in [0.15, 0.2) is 0 Å². The molecule has 0 aromatic heterocycles. The highest BCUT2D eigenvalue weighted by atomic mass is 19.3. The molecular weight excluding hydrogens is 284 g/mol. The van der Waals surface area contributed by atoms with E-state index in [0.29, 0.717) is 32.8 Å². The molecule has 1 aliphatic rings. The topological polar surface area (TPSA) is 75.9 Å². The molecule has 0 bridgehead atoms. The molecule has 1 unspecified atom stereocenters. The molecule has 0 aromatic rings. The average molecular weight is 307 g/mol. The van der Waals surface area contributed by atoms with E-state index < -0.39 is 30.9 Å². The highest BCUT2D eigenvalue weighted by molar-refractivity contribution is 5.82. The second kappa shape index (κ2) is 8.76. The summed E-state index contributed by atoms with van der Waals surface area (Å²) in [7, 11) is 0. The maximum atomic E-state index is 12.2. The van der Waals surface area contributed by atoms with Gasteiger partial charge in [0.05, 0.1) is 12.6 Å². The highest BCUT2D eigenvalue weighted by Crippen LogP contribution is 2.09. The van der Waals surface area contributed by atoms with Gasteiger partial charge in [-0.15, -0.1) is 0 Å². The molecule has 0 saturated carbocycles. The minimum Gasteiger partial charge on any atom is -0.449 e. The first-order valence-corrected chi connectivity index (χ1v) is 7.20. The summed E-state index contributed by atoms with van der Waals surface area (Å²) in [4.78, 5) is 26.5. The number of hydrogen-bond donors (Lipinski definition) is 1. The quantitative estimate of drug-likeness (QED) is 0.744. The Hall–Kier alpha value is -1.44. The van der Waals surface area contributed by atoms with E-state index in [9.17, 15) is 18.4 Å². The molecule has 1 saturated heterocycles. The van der Waals surface area contributed by atoms with E-state index in [1.807, 2.05) is 6.92 Å². The Balaban J connectivity index is 2.34. The Labute approximate surface area is 123 Å². The third kappa shape index (κ3) is 5.82. The number of ether oxygens (including phenoxy) is 1. The maximum Gasteiger partial charge on any atom is 0.409 e. The summed E-state index contributed by atoms with van der Waals surface area (Å²) < 4.78 is 29.5. The summed E-state index contributed by atoms with van der Waals surface area (Å²) in [5.74, 6) is -0.491. The molecule has 2 N–H and O–H groups in total. The number of hydrogen-bond acceptors (Lipinski definition) is 4. The third-order valence-electron chi connectivity index (χ3n) is 3.32. The molecule has 1 rings (SSSR count). The van der Waals surface area contributed by atoms with Crippen LogP contribution in [0.2, 0.25) is 0 Å². The molecule has 1 atom stereocenters. The number of unbranched alkanes of at least 4 members (excludes halogenated alkanes) is 1. The number of carbonyl (C=O) groups is 2. The molecule has 0 spiro atoms. The zero-order valence-corrected chi connectivity index (χ0v) is 12.3. The van der Waals surface area contributed by atoms with E-state index >= 15 is 0 Å². The van der Waals surface area contributed by atoms with Crippen LogP contribution in [0, 0.1) is 0 Å². The molecule has 1 fully saturated rings. The smallest absolute Gasteiger partial charge is 0.409 e. The Kier molecular flexibility index (Phi) is 7.35. The van der Waals surface area contributed by atoms with Crippen molar-refractivity contribution in [2.45, 2.75) is 38.7 Å². The first kappa shape index (κ1) is 17.6. The van der Waals surface area contributed by atoms with E-state index in [0.717, 1.165) is 12.8 Å². The number of nitrogens with two attached hydrogens (primary N) is 1. The normalized spacial score (nSPS) is 17.0. The average Bonchev–Trinajstić information content (AvgIpc) is 2.46. The fourth-order valence-corrected chi connectivity index (χ4v) is 2.03. The Morgan fingerprint density at radius 2 is 1.76 bits per heavy atom. The first-order chi connectivity index (χ1) is 9.95. The number of rotatable bonds is 6. The summed E-state index contributed by atoms with van der Waals surface area (Å²) in [5, 5.41) is 0. The Morgan fingerprint density at radius 3 is 2.29 bits per heavy atom. The van der Waals surface area contributed by atoms with Crippen molar-refractivity contribution < 1.29 is 23.1 Å². The van der Waals surface area contributed by atoms with Crippen molar-refractivity contribution in [1.82, 2.24) is 9.80 Å². The second-order valence-electron chi connectivity index (χ2n) is 5.01. The van der Waals surface area contributed by atoms with Gasteiger partial charge in [0.2, 0.25) is 12.3 Å². The fraction of sp³-hybridized carbons (Fsp3) is 0.846. The number of halogens is 2. The number of amides is 2. The lowest BCUT2D eigenvalue weighted by atomic mass is 10.2. The minimum absolute atomic E-state index is 0.290. The van der Waals surface area contributed by atoms with Gasteiger partial charge in [-0.2, -0.15) is 0 Å². The van der Waals surface area contributed by atoms with Crippen molar-refractivity contribution in [1.29, 1.82) is 0 Å². The molecule has 6 nitrogen and oxygen atoms in total. The van der Waals surface area contributed by atoms with E-state index in [1.54, 1.807) is 0 Å². The lowest BCUT2D eigenvalue weighted by molar-refractivity contribution is -0.135. The van der Waals surface area contributed by atoms with Crippen LogP contribution in [0.3, 0.4) is 0 Å². The molecule has 122 valence electrons. The van der Waals surface area contributed by atoms with Crippen LogP contribution in [0.5, 0.6) is 0 Å². The summed E-state index contributed by atoms with van der Waals surface area (Å²) in [6.07, 6.45) is -1.88. The summed E-state index contributed by atoms with van der Waals surface area (Å²) in [6, 6.07) is -1.19. The molecule has 8 heteroatoms. The zero-order valence-electron chi connectivity index (χ0n) is 12.3. The van der Waals surface area contributed by atoms with E-state index in [1.165, 1.54) is 9.80 Å². The third-order valence-corrected chi connectivity index (χ3v) is 3.32.